The Hall–Kier alpha value is -1.66. The van der Waals surface area contributed by atoms with E-state index >= 15 is 0 Å². The number of carbonyl (C=O) groups is 1. The molecule has 0 saturated carbocycles. The molecule has 0 atom stereocenters. The lowest BCUT2D eigenvalue weighted by Crippen LogP contribution is -2.31. The Morgan fingerprint density at radius 1 is 1.39 bits per heavy atom. The molecule has 0 bridgehead atoms. The zero-order chi connectivity index (χ0) is 16.6. The maximum Gasteiger partial charge on any atom is 0.268 e. The maximum atomic E-state index is 13.5. The van der Waals surface area contributed by atoms with Crippen LogP contribution in [0.25, 0.3) is 10.2 Å². The first kappa shape index (κ1) is 16.2. The quantitative estimate of drug-likeness (QED) is 0.677. The van der Waals surface area contributed by atoms with Crippen LogP contribution in [0.2, 0.25) is 0 Å². The minimum Gasteiger partial charge on any atom is -0.349 e. The highest BCUT2D eigenvalue weighted by Gasteiger charge is 2.19. The normalized spacial score (nSPS) is 11.3. The number of nitrogens with one attached hydrogen (secondary N) is 1. The van der Waals surface area contributed by atoms with E-state index in [0.717, 1.165) is 20.3 Å². The number of benzene rings is 1. The molecule has 0 radical (unpaired) electrons. The summed E-state index contributed by atoms with van der Waals surface area (Å²) in [7, 11) is 0. The first-order chi connectivity index (χ1) is 11.0. The van der Waals surface area contributed by atoms with Crippen LogP contribution in [0, 0.1) is 5.82 Å². The van der Waals surface area contributed by atoms with Crippen LogP contribution in [0.15, 0.2) is 40.2 Å². The summed E-state index contributed by atoms with van der Waals surface area (Å²) in [5.74, 6) is -0.393. The topological polar surface area (TPSA) is 34.0 Å². The summed E-state index contributed by atoms with van der Waals surface area (Å²) in [6, 6.07) is 8.41. The zero-order valence-electron chi connectivity index (χ0n) is 12.8. The van der Waals surface area contributed by atoms with Crippen molar-refractivity contribution >= 4 is 43.4 Å². The van der Waals surface area contributed by atoms with Gasteiger partial charge in [-0.3, -0.25) is 4.79 Å². The van der Waals surface area contributed by atoms with E-state index in [9.17, 15) is 9.18 Å². The third kappa shape index (κ3) is 3.33. The molecule has 0 aliphatic carbocycles. The van der Waals surface area contributed by atoms with Crippen molar-refractivity contribution in [2.24, 2.45) is 0 Å². The summed E-state index contributed by atoms with van der Waals surface area (Å²) in [5.41, 5.74) is 2.37. The summed E-state index contributed by atoms with van der Waals surface area (Å²) < 4.78 is 17.4. The van der Waals surface area contributed by atoms with Crippen LogP contribution in [-0.4, -0.2) is 16.5 Å². The highest BCUT2D eigenvalue weighted by molar-refractivity contribution is 9.10. The molecule has 3 nitrogen and oxygen atoms in total. The summed E-state index contributed by atoms with van der Waals surface area (Å²) in [4.78, 5) is 12.5. The lowest BCUT2D eigenvalue weighted by Gasteiger charge is -2.13. The highest BCUT2D eigenvalue weighted by Crippen LogP contribution is 2.33. The second kappa shape index (κ2) is 6.45. The average Bonchev–Trinajstić information content (AvgIpc) is 3.00. The smallest absolute Gasteiger partial charge is 0.268 e. The molecule has 1 aromatic carbocycles. The van der Waals surface area contributed by atoms with Crippen LogP contribution < -0.4 is 5.32 Å². The molecule has 0 aliphatic heterocycles. The minimum absolute atomic E-state index is 0.0569. The van der Waals surface area contributed by atoms with Gasteiger partial charge in [0.2, 0.25) is 0 Å². The van der Waals surface area contributed by atoms with Gasteiger partial charge in [-0.15, -0.1) is 11.3 Å². The Bertz CT molecular complexity index is 869. The highest BCUT2D eigenvalue weighted by atomic mass is 79.9. The van der Waals surface area contributed by atoms with Crippen molar-refractivity contribution in [1.29, 1.82) is 0 Å². The van der Waals surface area contributed by atoms with Crippen molar-refractivity contribution in [3.8, 4) is 0 Å². The van der Waals surface area contributed by atoms with E-state index in [4.69, 9.17) is 0 Å². The third-order valence-electron chi connectivity index (χ3n) is 3.46. The summed E-state index contributed by atoms with van der Waals surface area (Å²) in [6.07, 6.45) is 0. The van der Waals surface area contributed by atoms with Gasteiger partial charge >= 0.3 is 0 Å². The third-order valence-corrected chi connectivity index (χ3v) is 5.29. The minimum atomic E-state index is -0.275. The van der Waals surface area contributed by atoms with Gasteiger partial charge in [0.1, 0.15) is 11.5 Å². The lowest BCUT2D eigenvalue weighted by molar-refractivity contribution is 0.0934. The summed E-state index contributed by atoms with van der Waals surface area (Å²) >= 11 is 5.12. The number of thiophene rings is 1. The Labute approximate surface area is 146 Å². The summed E-state index contributed by atoms with van der Waals surface area (Å²) in [5, 5.41) is 4.92. The monoisotopic (exact) mass is 394 g/mol. The molecule has 3 aromatic rings. The number of amides is 1. The number of nitrogens with zero attached hydrogens (tertiary/aromatic N) is 1. The van der Waals surface area contributed by atoms with Crippen LogP contribution in [0.5, 0.6) is 0 Å². The molecule has 0 unspecified atom stereocenters. The van der Waals surface area contributed by atoms with Crippen molar-refractivity contribution in [2.75, 3.05) is 0 Å². The molecule has 6 heteroatoms. The maximum absolute atomic E-state index is 13.5. The Balaban J connectivity index is 2.08. The lowest BCUT2D eigenvalue weighted by atomic mass is 10.2. The largest absolute Gasteiger partial charge is 0.349 e. The number of hydrogen-bond acceptors (Lipinski definition) is 2. The summed E-state index contributed by atoms with van der Waals surface area (Å²) in [6.45, 7) is 4.30. The van der Waals surface area contributed by atoms with E-state index in [0.29, 0.717) is 12.2 Å². The predicted molar refractivity (Wildman–Crippen MR) is 95.6 cm³/mol. The second-order valence-corrected chi connectivity index (χ2v) is 7.44. The molecule has 0 saturated heterocycles. The molecule has 120 valence electrons. The molecule has 0 spiro atoms. The first-order valence-corrected chi connectivity index (χ1v) is 8.94. The molecule has 1 amide bonds. The van der Waals surface area contributed by atoms with Crippen molar-refractivity contribution < 1.29 is 9.18 Å². The molecule has 2 aromatic heterocycles. The van der Waals surface area contributed by atoms with Crippen LogP contribution in [0.1, 0.15) is 29.9 Å². The van der Waals surface area contributed by atoms with Crippen LogP contribution in [-0.2, 0) is 6.54 Å². The molecule has 2 heterocycles. The number of rotatable bonds is 4. The average molecular weight is 395 g/mol. The number of hydrogen-bond donors (Lipinski definition) is 1. The van der Waals surface area contributed by atoms with Gasteiger partial charge in [0.15, 0.2) is 0 Å². The molecule has 23 heavy (non-hydrogen) atoms. The van der Waals surface area contributed by atoms with Gasteiger partial charge in [0.05, 0.1) is 14.7 Å². The number of fused-ring (bicyclic) bond motifs is 1. The van der Waals surface area contributed by atoms with E-state index in [1.807, 2.05) is 35.9 Å². The SMILES string of the molecule is CC(C)NC(=O)c1cc2scc(Br)c2n1Cc1cccc(F)c1. The molecule has 0 aliphatic rings. The van der Waals surface area contributed by atoms with Crippen molar-refractivity contribution in [2.45, 2.75) is 26.4 Å². The van der Waals surface area contributed by atoms with Crippen molar-refractivity contribution in [3.05, 3.63) is 57.3 Å². The number of halogens is 2. The molecule has 3 rings (SSSR count). The van der Waals surface area contributed by atoms with E-state index in [-0.39, 0.29) is 17.8 Å². The van der Waals surface area contributed by atoms with Gasteiger partial charge in [-0.1, -0.05) is 12.1 Å². The van der Waals surface area contributed by atoms with E-state index in [1.54, 1.807) is 17.4 Å². The Morgan fingerprint density at radius 2 is 2.17 bits per heavy atom. The number of carbonyl (C=O) groups excluding carboxylic acids is 1. The predicted octanol–water partition coefficient (Wildman–Crippen LogP) is 4.79. The fourth-order valence-electron chi connectivity index (χ4n) is 2.54. The van der Waals surface area contributed by atoms with Gasteiger partial charge in [-0.25, -0.2) is 4.39 Å². The van der Waals surface area contributed by atoms with Gasteiger partial charge < -0.3 is 9.88 Å². The molecule has 0 fully saturated rings. The van der Waals surface area contributed by atoms with Crippen LogP contribution in [0.4, 0.5) is 4.39 Å². The van der Waals surface area contributed by atoms with E-state index < -0.39 is 0 Å². The van der Waals surface area contributed by atoms with E-state index in [2.05, 4.69) is 21.2 Å². The fourth-order valence-corrected chi connectivity index (χ4v) is 4.23. The zero-order valence-corrected chi connectivity index (χ0v) is 15.2. The van der Waals surface area contributed by atoms with Gasteiger partial charge in [-0.05, 0) is 53.5 Å². The van der Waals surface area contributed by atoms with Gasteiger partial charge in [0.25, 0.3) is 5.91 Å². The van der Waals surface area contributed by atoms with E-state index in [1.165, 1.54) is 12.1 Å². The van der Waals surface area contributed by atoms with Crippen molar-refractivity contribution in [1.82, 2.24) is 9.88 Å². The Morgan fingerprint density at radius 3 is 2.87 bits per heavy atom. The molecular weight excluding hydrogens is 379 g/mol. The fraction of sp³-hybridized carbons (Fsp3) is 0.235. The van der Waals surface area contributed by atoms with Crippen LogP contribution >= 0.6 is 27.3 Å². The second-order valence-electron chi connectivity index (χ2n) is 5.67. The Kier molecular flexibility index (Phi) is 4.55. The molecule has 1 N–H and O–H groups in total. The van der Waals surface area contributed by atoms with Crippen LogP contribution in [0.3, 0.4) is 0 Å². The van der Waals surface area contributed by atoms with Gasteiger partial charge in [-0.2, -0.15) is 0 Å². The standard InChI is InChI=1S/C17H16BrFN2OS/c1-10(2)20-17(22)14-7-15-16(13(18)9-23-15)21(14)8-11-4-3-5-12(19)6-11/h3-7,9-10H,8H2,1-2H3,(H,20,22). The number of aromatic nitrogens is 1. The van der Waals surface area contributed by atoms with Crippen molar-refractivity contribution in [3.63, 3.8) is 0 Å². The molecular formula is C17H16BrFN2OS. The van der Waals surface area contributed by atoms with Gasteiger partial charge in [0, 0.05) is 18.0 Å². The first-order valence-electron chi connectivity index (χ1n) is 7.27.